The van der Waals surface area contributed by atoms with Gasteiger partial charge in [0.1, 0.15) is 0 Å². The second-order valence-electron chi connectivity index (χ2n) is 6.08. The van der Waals surface area contributed by atoms with Crippen molar-refractivity contribution in [3.05, 3.63) is 35.4 Å². The fourth-order valence-corrected chi connectivity index (χ4v) is 4.76. The van der Waals surface area contributed by atoms with Gasteiger partial charge in [-0.25, -0.2) is 8.42 Å². The van der Waals surface area contributed by atoms with Crippen LogP contribution in [0.15, 0.2) is 24.3 Å². The summed E-state index contributed by atoms with van der Waals surface area (Å²) in [7, 11) is -1.62. The molecule has 0 heterocycles. The van der Waals surface area contributed by atoms with E-state index in [2.05, 4.69) is 10.6 Å². The summed E-state index contributed by atoms with van der Waals surface area (Å²) in [6.07, 6.45) is 3.33. The maximum Gasteiger partial charge on any atom is 0.251 e. The van der Waals surface area contributed by atoms with Crippen molar-refractivity contribution in [2.75, 3.05) is 12.8 Å². The van der Waals surface area contributed by atoms with Gasteiger partial charge in [0.25, 0.3) is 5.91 Å². The highest BCUT2D eigenvalue weighted by Crippen LogP contribution is 2.25. The average molecular weight is 352 g/mol. The molecule has 1 aliphatic carbocycles. The molecule has 2 amide bonds. The minimum Gasteiger partial charge on any atom is -0.355 e. The lowest BCUT2D eigenvalue weighted by Gasteiger charge is -2.11. The van der Waals surface area contributed by atoms with E-state index in [1.54, 1.807) is 25.2 Å². The van der Waals surface area contributed by atoms with Crippen LogP contribution in [0.25, 0.3) is 0 Å². The zero-order valence-corrected chi connectivity index (χ0v) is 14.7. The molecule has 1 fully saturated rings. The fraction of sp³-hybridized carbons (Fsp3) is 0.529. The number of carbonyl (C=O) groups is 2. The van der Waals surface area contributed by atoms with Crippen molar-refractivity contribution in [2.45, 2.75) is 43.9 Å². The summed E-state index contributed by atoms with van der Waals surface area (Å²) in [5.74, 6) is -0.574. The second kappa shape index (κ2) is 8.28. The third-order valence-corrected chi connectivity index (χ3v) is 6.59. The largest absolute Gasteiger partial charge is 0.355 e. The zero-order valence-electron chi connectivity index (χ0n) is 13.9. The molecule has 6 nitrogen and oxygen atoms in total. The van der Waals surface area contributed by atoms with E-state index in [-0.39, 0.29) is 35.8 Å². The molecule has 0 spiro atoms. The predicted octanol–water partition coefficient (Wildman–Crippen LogP) is 1.41. The fourth-order valence-electron chi connectivity index (χ4n) is 2.90. The average Bonchev–Trinajstić information content (AvgIpc) is 3.13. The van der Waals surface area contributed by atoms with Crippen molar-refractivity contribution in [3.8, 4) is 0 Å². The van der Waals surface area contributed by atoms with Gasteiger partial charge in [-0.1, -0.05) is 25.0 Å². The van der Waals surface area contributed by atoms with Gasteiger partial charge in [0.15, 0.2) is 9.84 Å². The molecule has 2 N–H and O–H groups in total. The predicted molar refractivity (Wildman–Crippen MR) is 92.3 cm³/mol. The Bertz CT molecular complexity index is 694. The number of hydrogen-bond acceptors (Lipinski definition) is 4. The van der Waals surface area contributed by atoms with Crippen LogP contribution in [0, 0.1) is 0 Å². The number of rotatable bonds is 7. The molecule has 1 aromatic rings. The maximum absolute atomic E-state index is 12.1. The Morgan fingerprint density at radius 2 is 1.92 bits per heavy atom. The molecule has 0 atom stereocenters. The lowest BCUT2D eigenvalue weighted by molar-refractivity contribution is -0.120. The van der Waals surface area contributed by atoms with Crippen LogP contribution in [0.5, 0.6) is 0 Å². The summed E-state index contributed by atoms with van der Waals surface area (Å²) >= 11 is 0. The van der Waals surface area contributed by atoms with Crippen LogP contribution in [0.1, 0.15) is 48.0 Å². The summed E-state index contributed by atoms with van der Waals surface area (Å²) in [6.45, 7) is 0.271. The summed E-state index contributed by atoms with van der Waals surface area (Å²) in [6, 6.07) is 6.95. The molecule has 1 aromatic carbocycles. The SMILES string of the molecule is CNC(=O)c1cccc(CNC(=O)CCS(=O)(=O)C2CCCC2)c1. The molecule has 1 saturated carbocycles. The van der Waals surface area contributed by atoms with E-state index in [9.17, 15) is 18.0 Å². The van der Waals surface area contributed by atoms with Gasteiger partial charge in [-0.3, -0.25) is 9.59 Å². The number of nitrogens with one attached hydrogen (secondary N) is 2. The topological polar surface area (TPSA) is 92.3 Å². The van der Waals surface area contributed by atoms with Gasteiger partial charge in [0.05, 0.1) is 11.0 Å². The van der Waals surface area contributed by atoms with E-state index in [0.717, 1.165) is 31.2 Å². The Kier molecular flexibility index (Phi) is 6.36. The van der Waals surface area contributed by atoms with Crippen LogP contribution in [0.4, 0.5) is 0 Å². The van der Waals surface area contributed by atoms with Crippen molar-refractivity contribution < 1.29 is 18.0 Å². The first-order valence-corrected chi connectivity index (χ1v) is 9.93. The lowest BCUT2D eigenvalue weighted by atomic mass is 10.1. The number of hydrogen-bond donors (Lipinski definition) is 2. The Labute approximate surface area is 142 Å². The quantitative estimate of drug-likeness (QED) is 0.776. The van der Waals surface area contributed by atoms with Crippen molar-refractivity contribution in [2.24, 2.45) is 0 Å². The first-order chi connectivity index (χ1) is 11.4. The summed E-state index contributed by atoms with van der Waals surface area (Å²) in [5.41, 5.74) is 1.32. The minimum absolute atomic E-state index is 0.0199. The van der Waals surface area contributed by atoms with Gasteiger partial charge in [-0.2, -0.15) is 0 Å². The van der Waals surface area contributed by atoms with Crippen LogP contribution < -0.4 is 10.6 Å². The van der Waals surface area contributed by atoms with Crippen molar-refractivity contribution in [3.63, 3.8) is 0 Å². The van der Waals surface area contributed by atoms with Crippen molar-refractivity contribution in [1.82, 2.24) is 10.6 Å². The molecule has 132 valence electrons. The molecule has 24 heavy (non-hydrogen) atoms. The molecule has 0 aromatic heterocycles. The normalized spacial score (nSPS) is 15.2. The Morgan fingerprint density at radius 1 is 1.21 bits per heavy atom. The van der Waals surface area contributed by atoms with E-state index >= 15 is 0 Å². The highest BCUT2D eigenvalue weighted by atomic mass is 32.2. The van der Waals surface area contributed by atoms with Gasteiger partial charge in [-0.15, -0.1) is 0 Å². The summed E-state index contributed by atoms with van der Waals surface area (Å²) in [4.78, 5) is 23.5. The molecule has 0 unspecified atom stereocenters. The molecule has 7 heteroatoms. The Morgan fingerprint density at radius 3 is 2.58 bits per heavy atom. The molecule has 2 rings (SSSR count). The first-order valence-electron chi connectivity index (χ1n) is 8.21. The summed E-state index contributed by atoms with van der Waals surface area (Å²) in [5, 5.41) is 4.99. The van der Waals surface area contributed by atoms with Gasteiger partial charge in [0, 0.05) is 25.6 Å². The number of amides is 2. The summed E-state index contributed by atoms with van der Waals surface area (Å²) < 4.78 is 24.3. The number of carbonyl (C=O) groups excluding carboxylic acids is 2. The van der Waals surface area contributed by atoms with Crippen LogP contribution in [-0.4, -0.2) is 38.3 Å². The molecule has 0 saturated heterocycles. The molecule has 1 aliphatic rings. The van der Waals surface area contributed by atoms with Crippen LogP contribution in [0.2, 0.25) is 0 Å². The molecular weight excluding hydrogens is 328 g/mol. The van der Waals surface area contributed by atoms with Crippen molar-refractivity contribution in [1.29, 1.82) is 0 Å². The highest BCUT2D eigenvalue weighted by Gasteiger charge is 2.28. The van der Waals surface area contributed by atoms with Crippen LogP contribution in [-0.2, 0) is 21.2 Å². The lowest BCUT2D eigenvalue weighted by Crippen LogP contribution is -2.28. The van der Waals surface area contributed by atoms with E-state index < -0.39 is 9.84 Å². The monoisotopic (exact) mass is 352 g/mol. The van der Waals surface area contributed by atoms with E-state index in [4.69, 9.17) is 0 Å². The molecule has 0 radical (unpaired) electrons. The molecular formula is C17H24N2O4S. The molecule has 0 aliphatic heterocycles. The van der Waals surface area contributed by atoms with E-state index in [1.165, 1.54) is 0 Å². The Hall–Kier alpha value is -1.89. The third kappa shape index (κ3) is 5.06. The van der Waals surface area contributed by atoms with Gasteiger partial charge in [0.2, 0.25) is 5.91 Å². The third-order valence-electron chi connectivity index (χ3n) is 4.33. The Balaban J connectivity index is 1.82. The van der Waals surface area contributed by atoms with Gasteiger partial charge in [-0.05, 0) is 30.5 Å². The van der Waals surface area contributed by atoms with Gasteiger partial charge < -0.3 is 10.6 Å². The van der Waals surface area contributed by atoms with Crippen molar-refractivity contribution >= 4 is 21.7 Å². The van der Waals surface area contributed by atoms with Crippen LogP contribution >= 0.6 is 0 Å². The second-order valence-corrected chi connectivity index (χ2v) is 8.48. The zero-order chi connectivity index (χ0) is 17.6. The van der Waals surface area contributed by atoms with Gasteiger partial charge >= 0.3 is 0 Å². The maximum atomic E-state index is 12.1. The first kappa shape index (κ1) is 18.4. The van der Waals surface area contributed by atoms with E-state index in [1.807, 2.05) is 6.07 Å². The van der Waals surface area contributed by atoms with Crippen LogP contribution in [0.3, 0.4) is 0 Å². The van der Waals surface area contributed by atoms with E-state index in [0.29, 0.717) is 5.56 Å². The number of sulfone groups is 1. The number of benzene rings is 1. The minimum atomic E-state index is -3.17. The standard InChI is InChI=1S/C17H24N2O4S/c1-18-17(21)14-6-4-5-13(11-14)12-19-16(20)9-10-24(22,23)15-7-2-3-8-15/h4-6,11,15H,2-3,7-10,12H2,1H3,(H,18,21)(H,19,20). The highest BCUT2D eigenvalue weighted by molar-refractivity contribution is 7.92. The smallest absolute Gasteiger partial charge is 0.251 e. The molecule has 0 bridgehead atoms.